The molecular formula is C16H33N5O. The highest BCUT2D eigenvalue weighted by Crippen LogP contribution is 2.21. The second kappa shape index (κ2) is 9.56. The van der Waals surface area contributed by atoms with E-state index in [0.717, 1.165) is 12.5 Å². The van der Waals surface area contributed by atoms with Crippen molar-refractivity contribution in [1.82, 2.24) is 20.4 Å². The van der Waals surface area contributed by atoms with Crippen LogP contribution in [0.15, 0.2) is 17.5 Å². The Labute approximate surface area is 135 Å². The number of guanidine groups is 1. The topological polar surface area (TPSA) is 52.1 Å². The zero-order chi connectivity index (χ0) is 16.5. The summed E-state index contributed by atoms with van der Waals surface area (Å²) < 4.78 is 5.03. The van der Waals surface area contributed by atoms with Gasteiger partial charge in [-0.1, -0.05) is 0 Å². The largest absolute Gasteiger partial charge is 0.483 e. The minimum atomic E-state index is 0.509. The van der Waals surface area contributed by atoms with Crippen LogP contribution in [0.25, 0.3) is 0 Å². The number of nitrogens with one attached hydrogen (secondary N) is 2. The van der Waals surface area contributed by atoms with Crippen molar-refractivity contribution in [3.63, 3.8) is 0 Å². The van der Waals surface area contributed by atoms with Crippen molar-refractivity contribution >= 4 is 5.96 Å². The van der Waals surface area contributed by atoms with E-state index < -0.39 is 0 Å². The third-order valence-electron chi connectivity index (χ3n) is 4.19. The van der Waals surface area contributed by atoms with Crippen LogP contribution in [0.4, 0.5) is 0 Å². The van der Waals surface area contributed by atoms with Crippen LogP contribution < -0.4 is 10.6 Å². The number of ether oxygens (including phenoxy) is 1. The average molecular weight is 311 g/mol. The second-order valence-electron chi connectivity index (χ2n) is 6.07. The van der Waals surface area contributed by atoms with E-state index in [4.69, 9.17) is 4.74 Å². The molecule has 0 bridgehead atoms. The molecule has 0 radical (unpaired) electrons. The Morgan fingerprint density at radius 3 is 2.36 bits per heavy atom. The van der Waals surface area contributed by atoms with Crippen LogP contribution in [0, 0.1) is 0 Å². The van der Waals surface area contributed by atoms with Crippen LogP contribution in [-0.4, -0.2) is 69.3 Å². The third-order valence-corrected chi connectivity index (χ3v) is 4.19. The fraction of sp³-hybridized carbons (Fsp3) is 0.812. The lowest BCUT2D eigenvalue weighted by Gasteiger charge is -2.35. The monoisotopic (exact) mass is 311 g/mol. The number of rotatable bonds is 7. The standard InChI is InChI=1S/C16H33N5O/c1-7-17-16(21(5)12-18-13(2)22-6)19-14-8-10-15(11-9-14)20(3)4/h14-15,18H,2,7-12H2,1,3-6H3,(H,17,19). The number of methoxy groups -OCH3 is 1. The quantitative estimate of drug-likeness (QED) is 0.322. The zero-order valence-corrected chi connectivity index (χ0v) is 14.9. The summed E-state index contributed by atoms with van der Waals surface area (Å²) in [5.41, 5.74) is 0. The normalized spacial score (nSPS) is 22.4. The maximum absolute atomic E-state index is 5.03. The molecule has 1 aliphatic rings. The zero-order valence-electron chi connectivity index (χ0n) is 14.9. The van der Waals surface area contributed by atoms with Crippen molar-refractivity contribution in [2.45, 2.75) is 44.7 Å². The van der Waals surface area contributed by atoms with Gasteiger partial charge < -0.3 is 25.2 Å². The highest BCUT2D eigenvalue weighted by Gasteiger charge is 2.23. The number of hydrogen-bond acceptors (Lipinski definition) is 4. The number of aliphatic imine (C=N–C) groups is 1. The SMILES string of the molecule is C=C(NCN(C)/C(=N\CC)NC1CCC(N(C)C)CC1)OC. The van der Waals surface area contributed by atoms with Gasteiger partial charge in [-0.25, -0.2) is 0 Å². The first-order chi connectivity index (χ1) is 10.5. The van der Waals surface area contributed by atoms with Gasteiger partial charge in [0.1, 0.15) is 0 Å². The lowest BCUT2D eigenvalue weighted by atomic mass is 9.90. The van der Waals surface area contributed by atoms with Gasteiger partial charge in [-0.15, -0.1) is 0 Å². The summed E-state index contributed by atoms with van der Waals surface area (Å²) in [4.78, 5) is 8.98. The minimum Gasteiger partial charge on any atom is -0.483 e. The molecule has 0 aromatic carbocycles. The summed E-state index contributed by atoms with van der Waals surface area (Å²) >= 11 is 0. The van der Waals surface area contributed by atoms with Crippen LogP contribution in [0.1, 0.15) is 32.6 Å². The van der Waals surface area contributed by atoms with Crippen molar-refractivity contribution in [3.8, 4) is 0 Å². The lowest BCUT2D eigenvalue weighted by Crippen LogP contribution is -2.49. The van der Waals surface area contributed by atoms with Gasteiger partial charge in [0.2, 0.25) is 0 Å². The molecule has 6 nitrogen and oxygen atoms in total. The molecular weight excluding hydrogens is 278 g/mol. The van der Waals surface area contributed by atoms with E-state index in [-0.39, 0.29) is 0 Å². The molecule has 22 heavy (non-hydrogen) atoms. The molecule has 1 aliphatic carbocycles. The first-order valence-electron chi connectivity index (χ1n) is 8.13. The molecule has 1 rings (SSSR count). The van der Waals surface area contributed by atoms with Crippen LogP contribution >= 0.6 is 0 Å². The van der Waals surface area contributed by atoms with Gasteiger partial charge in [0.15, 0.2) is 11.8 Å². The van der Waals surface area contributed by atoms with Gasteiger partial charge in [0, 0.05) is 25.7 Å². The molecule has 2 N–H and O–H groups in total. The van der Waals surface area contributed by atoms with E-state index in [9.17, 15) is 0 Å². The predicted octanol–water partition coefficient (Wildman–Crippen LogP) is 1.42. The molecule has 0 atom stereocenters. The summed E-state index contributed by atoms with van der Waals surface area (Å²) in [6, 6.07) is 1.23. The average Bonchev–Trinajstić information content (AvgIpc) is 2.52. The van der Waals surface area contributed by atoms with Gasteiger partial charge >= 0.3 is 0 Å². The lowest BCUT2D eigenvalue weighted by molar-refractivity contribution is 0.209. The summed E-state index contributed by atoms with van der Waals surface area (Å²) in [6.07, 6.45) is 4.87. The van der Waals surface area contributed by atoms with Crippen molar-refractivity contribution in [3.05, 3.63) is 12.5 Å². The van der Waals surface area contributed by atoms with Crippen molar-refractivity contribution in [1.29, 1.82) is 0 Å². The number of nitrogens with zero attached hydrogens (tertiary/aromatic N) is 3. The molecule has 0 amide bonds. The van der Waals surface area contributed by atoms with Crippen LogP contribution in [0.3, 0.4) is 0 Å². The van der Waals surface area contributed by atoms with E-state index in [2.05, 4.69) is 53.0 Å². The van der Waals surface area contributed by atoms with Gasteiger partial charge in [-0.2, -0.15) is 0 Å². The van der Waals surface area contributed by atoms with Crippen molar-refractivity contribution in [2.24, 2.45) is 4.99 Å². The third kappa shape index (κ3) is 6.13. The Hall–Kier alpha value is -1.43. The van der Waals surface area contributed by atoms with E-state index in [1.165, 1.54) is 25.7 Å². The summed E-state index contributed by atoms with van der Waals surface area (Å²) in [5.74, 6) is 1.50. The molecule has 0 aromatic heterocycles. The van der Waals surface area contributed by atoms with Crippen LogP contribution in [0.5, 0.6) is 0 Å². The smallest absolute Gasteiger partial charge is 0.195 e. The summed E-state index contributed by atoms with van der Waals surface area (Å²) in [5, 5.41) is 6.72. The highest BCUT2D eigenvalue weighted by molar-refractivity contribution is 5.80. The van der Waals surface area contributed by atoms with E-state index >= 15 is 0 Å². The molecule has 6 heteroatoms. The molecule has 0 spiro atoms. The van der Waals surface area contributed by atoms with E-state index in [1.807, 2.05) is 7.05 Å². The Kier molecular flexibility index (Phi) is 8.09. The summed E-state index contributed by atoms with van der Waals surface area (Å²) in [7, 11) is 7.97. The van der Waals surface area contributed by atoms with E-state index in [1.54, 1.807) is 7.11 Å². The summed E-state index contributed by atoms with van der Waals surface area (Å²) in [6.45, 7) is 7.21. The molecule has 0 heterocycles. The first kappa shape index (κ1) is 18.6. The Balaban J connectivity index is 2.47. The van der Waals surface area contributed by atoms with Crippen LogP contribution in [0.2, 0.25) is 0 Å². The minimum absolute atomic E-state index is 0.509. The molecule has 0 unspecified atom stereocenters. The predicted molar refractivity (Wildman–Crippen MR) is 92.8 cm³/mol. The fourth-order valence-electron chi connectivity index (χ4n) is 2.70. The highest BCUT2D eigenvalue weighted by atomic mass is 16.5. The molecule has 0 aliphatic heterocycles. The van der Waals surface area contributed by atoms with Crippen LogP contribution in [-0.2, 0) is 4.74 Å². The Morgan fingerprint density at radius 1 is 1.23 bits per heavy atom. The maximum Gasteiger partial charge on any atom is 0.195 e. The molecule has 128 valence electrons. The Morgan fingerprint density at radius 2 is 1.86 bits per heavy atom. The number of hydrogen-bond donors (Lipinski definition) is 2. The van der Waals surface area contributed by atoms with Gasteiger partial charge in [0.05, 0.1) is 13.8 Å². The fourth-order valence-corrected chi connectivity index (χ4v) is 2.70. The van der Waals surface area contributed by atoms with Gasteiger partial charge in [0.25, 0.3) is 0 Å². The molecule has 1 saturated carbocycles. The first-order valence-corrected chi connectivity index (χ1v) is 8.13. The van der Waals surface area contributed by atoms with Crippen molar-refractivity contribution in [2.75, 3.05) is 41.5 Å². The van der Waals surface area contributed by atoms with Crippen molar-refractivity contribution < 1.29 is 4.74 Å². The maximum atomic E-state index is 5.03. The van der Waals surface area contributed by atoms with Gasteiger partial charge in [-0.3, -0.25) is 4.99 Å². The molecule has 1 fully saturated rings. The molecule has 0 aromatic rings. The second-order valence-corrected chi connectivity index (χ2v) is 6.07. The van der Waals surface area contributed by atoms with E-state index in [0.29, 0.717) is 24.6 Å². The Bertz CT molecular complexity index is 362. The molecule has 0 saturated heterocycles. The van der Waals surface area contributed by atoms with Gasteiger partial charge in [-0.05, 0) is 53.3 Å².